The molecule has 4 nitrogen and oxygen atoms in total. The fourth-order valence-electron chi connectivity index (χ4n) is 15.8. The van der Waals surface area contributed by atoms with Gasteiger partial charge in [-0.15, -0.1) is 0 Å². The van der Waals surface area contributed by atoms with Crippen LogP contribution in [-0.4, -0.2) is 18.0 Å². The molecule has 0 atom stereocenters. The average Bonchev–Trinajstić information content (AvgIpc) is 1.66. The van der Waals surface area contributed by atoms with E-state index in [4.69, 9.17) is 4.74 Å². The van der Waals surface area contributed by atoms with Crippen molar-refractivity contribution in [1.82, 2.24) is 4.57 Å². The summed E-state index contributed by atoms with van der Waals surface area (Å²) in [5.41, 5.74) is 10.3. The van der Waals surface area contributed by atoms with E-state index >= 15 is 0 Å². The molecule has 103 heavy (non-hydrogen) atoms. The fourth-order valence-corrected chi connectivity index (χ4v) is 16.9. The van der Waals surface area contributed by atoms with Gasteiger partial charge < -0.3 is 19.1 Å². The van der Waals surface area contributed by atoms with Crippen LogP contribution in [0.4, 0.5) is 34.1 Å². The van der Waals surface area contributed by atoms with E-state index in [1.54, 1.807) is 4.57 Å². The van der Waals surface area contributed by atoms with E-state index in [0.717, 1.165) is 72.6 Å². The Labute approximate surface area is 632 Å². The molecule has 0 amide bonds. The molecule has 0 bridgehead atoms. The summed E-state index contributed by atoms with van der Waals surface area (Å²) in [7, 11) is 0. The summed E-state index contributed by atoms with van der Waals surface area (Å²) in [6.07, 6.45) is 0. The van der Waals surface area contributed by atoms with Crippen molar-refractivity contribution >= 4 is 114 Å². The minimum Gasteiger partial charge on any atom is -0.459 e. The van der Waals surface area contributed by atoms with Crippen LogP contribution in [0.15, 0.2) is 313 Å². The molecule has 0 spiro atoms. The van der Waals surface area contributed by atoms with Crippen LogP contribution in [0.1, 0.15) is 101 Å². The van der Waals surface area contributed by atoms with Gasteiger partial charge in [-0.1, -0.05) is 298 Å². The molecule has 5 heterocycles. The number of hydrogen-bond donors (Lipinski definition) is 0. The summed E-state index contributed by atoms with van der Waals surface area (Å²) < 4.78 is 174. The molecule has 1 aromatic heterocycles. The van der Waals surface area contributed by atoms with Crippen LogP contribution in [0.3, 0.4) is 0 Å². The van der Waals surface area contributed by atoms with Crippen LogP contribution < -0.4 is 47.3 Å². The number of anilines is 6. The van der Waals surface area contributed by atoms with Crippen LogP contribution in [-0.2, 0) is 16.2 Å². The summed E-state index contributed by atoms with van der Waals surface area (Å²) in [6.45, 7) is 16.4. The van der Waals surface area contributed by atoms with Gasteiger partial charge in [0.25, 0.3) is 13.4 Å². The summed E-state index contributed by atoms with van der Waals surface area (Å²) in [5.74, 6) is -0.392. The number of hydrogen-bond acceptors (Lipinski definition) is 4. The molecule has 494 valence electrons. The smallest absolute Gasteiger partial charge is 0.256 e. The van der Waals surface area contributed by atoms with E-state index in [2.05, 4.69) is 104 Å². The summed E-state index contributed by atoms with van der Waals surface area (Å²) in [4.78, 5) is 4.34. The summed E-state index contributed by atoms with van der Waals surface area (Å²) >= 11 is 0.954. The Balaban J connectivity index is 1.07. The first-order valence-electron chi connectivity index (χ1n) is 43.1. The second-order valence-corrected chi connectivity index (χ2v) is 31.3. The van der Waals surface area contributed by atoms with E-state index < -0.39 is 120 Å². The fraction of sp³-hybridized carbons (Fsp3) is 0.125. The van der Waals surface area contributed by atoms with Crippen molar-refractivity contribution in [3.05, 3.63) is 320 Å². The molecule has 15 aromatic rings. The first-order valence-corrected chi connectivity index (χ1v) is 35.9. The maximum Gasteiger partial charge on any atom is 0.256 e. The van der Waals surface area contributed by atoms with Gasteiger partial charge in [-0.05, 0) is 178 Å². The average molecular weight is 1360 g/mol. The lowest BCUT2D eigenvalue weighted by atomic mass is 9.30. The molecule has 4 aliphatic rings. The van der Waals surface area contributed by atoms with Crippen LogP contribution >= 0.6 is 11.8 Å². The molecular weight excluding hydrogens is 1260 g/mol. The Morgan fingerprint density at radius 3 is 1.33 bits per heavy atom. The number of nitrogens with zero attached hydrogens (tertiary/aromatic N) is 3. The normalized spacial score (nSPS) is 15.6. The molecular formula is C96H77B2N3OS. The van der Waals surface area contributed by atoms with Crippen LogP contribution in [0, 0.1) is 0 Å². The highest BCUT2D eigenvalue weighted by Crippen LogP contribution is 2.57. The first-order chi connectivity index (χ1) is 56.7. The van der Waals surface area contributed by atoms with E-state index in [-0.39, 0.29) is 82.8 Å². The maximum absolute atomic E-state index is 11.9. The van der Waals surface area contributed by atoms with Crippen LogP contribution in [0.25, 0.3) is 83.1 Å². The van der Waals surface area contributed by atoms with E-state index in [9.17, 15) is 21.9 Å². The van der Waals surface area contributed by atoms with E-state index in [1.165, 1.54) is 0 Å². The Kier molecular flexibility index (Phi) is 11.0. The molecule has 0 unspecified atom stereocenters. The largest absolute Gasteiger partial charge is 0.459 e. The summed E-state index contributed by atoms with van der Waals surface area (Å²) in [6, 6.07) is 59.8. The minimum absolute atomic E-state index is 0.00333. The van der Waals surface area contributed by atoms with Gasteiger partial charge in [0.05, 0.1) is 44.3 Å². The van der Waals surface area contributed by atoms with Gasteiger partial charge in [0, 0.05) is 71.3 Å². The highest BCUT2D eigenvalue weighted by molar-refractivity contribution is 8.00. The minimum atomic E-state index is -1.48. The van der Waals surface area contributed by atoms with Gasteiger partial charge >= 0.3 is 0 Å². The predicted octanol–water partition coefficient (Wildman–Crippen LogP) is 22.2. The second kappa shape index (κ2) is 23.7. The molecule has 0 saturated heterocycles. The van der Waals surface area contributed by atoms with Crippen molar-refractivity contribution < 1.29 is 26.7 Å². The van der Waals surface area contributed by atoms with Gasteiger partial charge in [-0.2, -0.15) is 0 Å². The number of aromatic nitrogens is 1. The third-order valence-electron chi connectivity index (χ3n) is 20.9. The molecule has 0 radical (unpaired) electrons. The van der Waals surface area contributed by atoms with Crippen LogP contribution in [0.5, 0.6) is 11.5 Å². The zero-order valence-electron chi connectivity index (χ0n) is 74.4. The third-order valence-corrected chi connectivity index (χ3v) is 21.9. The molecule has 19 rings (SSSR count). The van der Waals surface area contributed by atoms with Crippen molar-refractivity contribution in [2.45, 2.75) is 88.3 Å². The zero-order chi connectivity index (χ0) is 83.7. The Hall–Kier alpha value is -11.2. The molecule has 7 heteroatoms. The van der Waals surface area contributed by atoms with Gasteiger partial charge in [0.15, 0.2) is 0 Å². The number of benzene rings is 14. The van der Waals surface area contributed by atoms with Crippen molar-refractivity contribution in [2.75, 3.05) is 9.80 Å². The summed E-state index contributed by atoms with van der Waals surface area (Å²) in [5, 5.41) is 1.59. The Morgan fingerprint density at radius 1 is 0.350 bits per heavy atom. The topological polar surface area (TPSA) is 20.6 Å². The van der Waals surface area contributed by atoms with Gasteiger partial charge in [0.2, 0.25) is 0 Å². The molecule has 0 aliphatic carbocycles. The third kappa shape index (κ3) is 10.1. The van der Waals surface area contributed by atoms with E-state index in [0.29, 0.717) is 50.4 Å². The molecule has 0 N–H and O–H groups in total. The SMILES string of the molecule is [2H]c1c([2H])c([2H])c2c(c1[2H])Oc1c3c(c([2H])c4c1B1c5c(cc(C(C)(C)C)cc5N4c4c(-c5ccccc5)cc(C(C)(C)C)cc4-c4ccccc4)N(c4c(-c5ccccc5)cc(C(C)(C)C)cc4-c4ccccc4)c4c([2H])c(-c5c([2H])c([2H])c([2H])c(-n6c7ccccc7c7ccccc76)c5[2H])c([2H])c([2H])c41)Sc1c([2H])c([2H])c([2H])c([2H])c1B23. The molecule has 0 saturated carbocycles. The lowest BCUT2D eigenvalue weighted by Crippen LogP contribution is -2.65. The lowest BCUT2D eigenvalue weighted by Gasteiger charge is -2.48. The number of ether oxygens (including phenoxy) is 1. The number of rotatable bonds is 8. The lowest BCUT2D eigenvalue weighted by molar-refractivity contribution is 0.490. The number of para-hydroxylation sites is 3. The van der Waals surface area contributed by atoms with Crippen LogP contribution in [0.2, 0.25) is 0 Å². The highest BCUT2D eigenvalue weighted by atomic mass is 32.2. The Bertz CT molecular complexity index is 6770. The molecule has 14 aromatic carbocycles. The van der Waals surface area contributed by atoms with Crippen molar-refractivity contribution in [3.8, 4) is 72.8 Å². The van der Waals surface area contributed by atoms with Gasteiger partial charge in [-0.25, -0.2) is 0 Å². The van der Waals surface area contributed by atoms with E-state index in [1.807, 2.05) is 175 Å². The zero-order valence-corrected chi connectivity index (χ0v) is 59.3. The van der Waals surface area contributed by atoms with Crippen molar-refractivity contribution in [3.63, 3.8) is 0 Å². The first kappa shape index (κ1) is 47.8. The van der Waals surface area contributed by atoms with Gasteiger partial charge in [0.1, 0.15) is 11.5 Å². The monoisotopic (exact) mass is 1360 g/mol. The number of fused-ring (bicyclic) bond motifs is 12. The van der Waals surface area contributed by atoms with Gasteiger partial charge in [-0.3, -0.25) is 0 Å². The second-order valence-electron chi connectivity index (χ2n) is 30.3. The highest BCUT2D eigenvalue weighted by Gasteiger charge is 2.51. The maximum atomic E-state index is 11.9. The Morgan fingerprint density at radius 2 is 0.806 bits per heavy atom. The molecule has 0 fully saturated rings. The predicted molar refractivity (Wildman–Crippen MR) is 440 cm³/mol. The standard InChI is InChI=1S/C96H77B2N3OS/c1-94(2,3)66-53-72(60-31-14-10-15-32-60)91(73(54-66)61-33-16-11-17-34-61)100-81-52-65(64-39-30-40-69(51-64)99-79-45-26-22-41-70(79)71-42-23-27-46-80(71)99)49-50-76(81)98-88-82(100)57-68(96(7,8)9)58-83(88)101(92-74(62-35-18-12-19-36-62)55-67(95(4,5)6)56-75(92)63-37-20-13-21-38-63)84-59-87-90-93(89(84)98)102-85-47-28-24-43-77(85)97(90)78-44-25-29-48-86(78)103-87/h10-59H,1-9H3/i24D,25D,28D,29D,30D,39D,40D,43D,44D,47D,48D,49D,50D,51D,52D,59D. The molecule has 4 aliphatic heterocycles. The van der Waals surface area contributed by atoms with Crippen molar-refractivity contribution in [1.29, 1.82) is 0 Å². The quantitative estimate of drug-likeness (QED) is 0.141. The van der Waals surface area contributed by atoms with Crippen molar-refractivity contribution in [2.24, 2.45) is 0 Å².